The van der Waals surface area contributed by atoms with Gasteiger partial charge in [-0.25, -0.2) is 13.1 Å². The standard InChI is InChI=1S/C15H24N2O4S/c1-11(12-5-4-8-16-10-12)17-22(18,19)15-9-13(20-2)6-7-14(15)21-3/h6-7,9,11-12,16-17H,4-5,8,10H2,1-3H3. The van der Waals surface area contributed by atoms with Gasteiger partial charge in [-0.05, 0) is 50.9 Å². The largest absolute Gasteiger partial charge is 0.497 e. The predicted octanol–water partition coefficient (Wildman–Crippen LogP) is 1.37. The van der Waals surface area contributed by atoms with E-state index in [2.05, 4.69) is 10.0 Å². The fourth-order valence-electron chi connectivity index (χ4n) is 2.70. The second-order valence-electron chi connectivity index (χ2n) is 5.53. The number of piperidine rings is 1. The van der Waals surface area contributed by atoms with Gasteiger partial charge in [-0.15, -0.1) is 0 Å². The number of hydrogen-bond donors (Lipinski definition) is 2. The van der Waals surface area contributed by atoms with Crippen LogP contribution in [0.5, 0.6) is 11.5 Å². The molecule has 1 aliphatic rings. The predicted molar refractivity (Wildman–Crippen MR) is 84.9 cm³/mol. The van der Waals surface area contributed by atoms with Crippen LogP contribution in [0.3, 0.4) is 0 Å². The normalized spacial score (nSPS) is 20.4. The van der Waals surface area contributed by atoms with Gasteiger partial charge in [0.15, 0.2) is 0 Å². The zero-order chi connectivity index (χ0) is 16.2. The molecule has 6 nitrogen and oxygen atoms in total. The molecule has 0 radical (unpaired) electrons. The number of methoxy groups -OCH3 is 2. The quantitative estimate of drug-likeness (QED) is 0.825. The summed E-state index contributed by atoms with van der Waals surface area (Å²) in [7, 11) is -0.711. The van der Waals surface area contributed by atoms with E-state index in [9.17, 15) is 8.42 Å². The van der Waals surface area contributed by atoms with Crippen LogP contribution in [0, 0.1) is 5.92 Å². The first-order valence-corrected chi connectivity index (χ1v) is 8.91. The molecule has 1 aromatic rings. The van der Waals surface area contributed by atoms with E-state index < -0.39 is 10.0 Å². The number of nitrogens with one attached hydrogen (secondary N) is 2. The average Bonchev–Trinajstić information content (AvgIpc) is 2.54. The molecule has 1 heterocycles. The maximum atomic E-state index is 12.7. The molecular formula is C15H24N2O4S. The molecule has 22 heavy (non-hydrogen) atoms. The second-order valence-corrected chi connectivity index (χ2v) is 7.22. The highest BCUT2D eigenvalue weighted by atomic mass is 32.2. The first-order valence-electron chi connectivity index (χ1n) is 7.43. The maximum absolute atomic E-state index is 12.7. The molecule has 1 saturated heterocycles. The summed E-state index contributed by atoms with van der Waals surface area (Å²) < 4.78 is 38.4. The van der Waals surface area contributed by atoms with E-state index in [4.69, 9.17) is 9.47 Å². The smallest absolute Gasteiger partial charge is 0.244 e. The van der Waals surface area contributed by atoms with Crippen molar-refractivity contribution in [2.75, 3.05) is 27.3 Å². The lowest BCUT2D eigenvalue weighted by atomic mass is 9.94. The minimum Gasteiger partial charge on any atom is -0.497 e. The minimum atomic E-state index is -3.67. The molecule has 0 aliphatic carbocycles. The first kappa shape index (κ1) is 17.1. The van der Waals surface area contributed by atoms with Crippen LogP contribution >= 0.6 is 0 Å². The van der Waals surface area contributed by atoms with E-state index in [1.807, 2.05) is 6.92 Å². The Morgan fingerprint density at radius 3 is 2.68 bits per heavy atom. The van der Waals surface area contributed by atoms with Crippen LogP contribution in [0.25, 0.3) is 0 Å². The van der Waals surface area contributed by atoms with Crippen LogP contribution in [0.2, 0.25) is 0 Å². The number of rotatable bonds is 6. The molecular weight excluding hydrogens is 304 g/mol. The Morgan fingerprint density at radius 2 is 2.09 bits per heavy atom. The summed E-state index contributed by atoms with van der Waals surface area (Å²) in [5.41, 5.74) is 0. The van der Waals surface area contributed by atoms with Gasteiger partial charge >= 0.3 is 0 Å². The first-order chi connectivity index (χ1) is 10.5. The molecule has 124 valence electrons. The van der Waals surface area contributed by atoms with Crippen molar-refractivity contribution in [3.05, 3.63) is 18.2 Å². The highest BCUT2D eigenvalue weighted by molar-refractivity contribution is 7.89. The molecule has 0 spiro atoms. The molecule has 0 amide bonds. The fourth-order valence-corrected chi connectivity index (χ4v) is 4.20. The lowest BCUT2D eigenvalue weighted by molar-refractivity contribution is 0.320. The molecule has 7 heteroatoms. The number of hydrogen-bond acceptors (Lipinski definition) is 5. The Balaban J connectivity index is 2.22. The van der Waals surface area contributed by atoms with Gasteiger partial charge in [0.25, 0.3) is 0 Å². The molecule has 0 aromatic heterocycles. The van der Waals surface area contributed by atoms with Crippen molar-refractivity contribution in [3.8, 4) is 11.5 Å². The maximum Gasteiger partial charge on any atom is 0.244 e. The van der Waals surface area contributed by atoms with Crippen LogP contribution in [0.1, 0.15) is 19.8 Å². The van der Waals surface area contributed by atoms with E-state index in [-0.39, 0.29) is 10.9 Å². The van der Waals surface area contributed by atoms with Crippen molar-refractivity contribution < 1.29 is 17.9 Å². The molecule has 2 atom stereocenters. The third kappa shape index (κ3) is 3.91. The van der Waals surface area contributed by atoms with E-state index in [1.54, 1.807) is 12.1 Å². The highest BCUT2D eigenvalue weighted by Crippen LogP contribution is 2.28. The van der Waals surface area contributed by atoms with Crippen molar-refractivity contribution >= 4 is 10.0 Å². The van der Waals surface area contributed by atoms with E-state index in [0.717, 1.165) is 25.9 Å². The van der Waals surface area contributed by atoms with Crippen LogP contribution in [0.15, 0.2) is 23.1 Å². The van der Waals surface area contributed by atoms with Gasteiger partial charge in [-0.1, -0.05) is 0 Å². The SMILES string of the molecule is COc1ccc(OC)c(S(=O)(=O)NC(C)C2CCCNC2)c1. The van der Waals surface area contributed by atoms with Gasteiger partial charge < -0.3 is 14.8 Å². The van der Waals surface area contributed by atoms with Gasteiger partial charge in [0.1, 0.15) is 16.4 Å². The summed E-state index contributed by atoms with van der Waals surface area (Å²) in [5, 5.41) is 3.30. The Kier molecular flexibility index (Phi) is 5.66. The minimum absolute atomic E-state index is 0.102. The molecule has 2 N–H and O–H groups in total. The van der Waals surface area contributed by atoms with Crippen LogP contribution < -0.4 is 19.5 Å². The summed E-state index contributed by atoms with van der Waals surface area (Å²) >= 11 is 0. The van der Waals surface area contributed by atoms with Crippen molar-refractivity contribution in [1.29, 1.82) is 0 Å². The van der Waals surface area contributed by atoms with Crippen LogP contribution in [0.4, 0.5) is 0 Å². The number of ether oxygens (including phenoxy) is 2. The Hall–Kier alpha value is -1.31. The lowest BCUT2D eigenvalue weighted by Gasteiger charge is -2.28. The van der Waals surface area contributed by atoms with E-state index in [0.29, 0.717) is 17.4 Å². The molecule has 1 aliphatic heterocycles. The zero-order valence-electron chi connectivity index (χ0n) is 13.3. The summed E-state index contributed by atoms with van der Waals surface area (Å²) in [6.07, 6.45) is 2.09. The summed E-state index contributed by atoms with van der Waals surface area (Å²) in [6, 6.07) is 4.60. The number of sulfonamides is 1. The fraction of sp³-hybridized carbons (Fsp3) is 0.600. The van der Waals surface area contributed by atoms with Crippen LogP contribution in [-0.2, 0) is 10.0 Å². The highest BCUT2D eigenvalue weighted by Gasteiger charge is 2.27. The third-order valence-corrected chi connectivity index (χ3v) is 5.62. The summed E-state index contributed by atoms with van der Waals surface area (Å²) in [5.74, 6) is 1.08. The van der Waals surface area contributed by atoms with Gasteiger partial charge in [-0.2, -0.15) is 0 Å². The lowest BCUT2D eigenvalue weighted by Crippen LogP contribution is -2.44. The van der Waals surface area contributed by atoms with E-state index >= 15 is 0 Å². The molecule has 2 unspecified atom stereocenters. The van der Waals surface area contributed by atoms with Crippen molar-refractivity contribution in [1.82, 2.24) is 10.0 Å². The second kappa shape index (κ2) is 7.30. The zero-order valence-corrected chi connectivity index (χ0v) is 14.1. The average molecular weight is 328 g/mol. The molecule has 0 saturated carbocycles. The van der Waals surface area contributed by atoms with Gasteiger partial charge in [-0.3, -0.25) is 0 Å². The van der Waals surface area contributed by atoms with Crippen molar-refractivity contribution in [2.45, 2.75) is 30.7 Å². The molecule has 1 fully saturated rings. The number of benzene rings is 1. The third-order valence-electron chi connectivity index (χ3n) is 4.04. The van der Waals surface area contributed by atoms with Crippen molar-refractivity contribution in [2.24, 2.45) is 5.92 Å². The molecule has 2 rings (SSSR count). The van der Waals surface area contributed by atoms with Gasteiger partial charge in [0.05, 0.1) is 14.2 Å². The Labute approximate surface area is 132 Å². The van der Waals surface area contributed by atoms with Crippen LogP contribution in [-0.4, -0.2) is 41.8 Å². The molecule has 0 bridgehead atoms. The Bertz CT molecular complexity index is 598. The summed E-state index contributed by atoms with van der Waals surface area (Å²) in [6.45, 7) is 3.74. The van der Waals surface area contributed by atoms with Gasteiger partial charge in [0, 0.05) is 12.1 Å². The van der Waals surface area contributed by atoms with Gasteiger partial charge in [0.2, 0.25) is 10.0 Å². The topological polar surface area (TPSA) is 76.7 Å². The monoisotopic (exact) mass is 328 g/mol. The van der Waals surface area contributed by atoms with Crippen molar-refractivity contribution in [3.63, 3.8) is 0 Å². The summed E-state index contributed by atoms with van der Waals surface area (Å²) in [4.78, 5) is 0.102. The molecule has 1 aromatic carbocycles. The Morgan fingerprint density at radius 1 is 1.32 bits per heavy atom. The van der Waals surface area contributed by atoms with E-state index in [1.165, 1.54) is 20.3 Å².